The molecule has 1 aliphatic heterocycles. The molecule has 1 aliphatic rings. The third-order valence-corrected chi connectivity index (χ3v) is 4.03. The number of hydrogen-bond donors (Lipinski definition) is 1. The molecule has 134 valence electrons. The van der Waals surface area contributed by atoms with E-state index in [1.807, 2.05) is 0 Å². The van der Waals surface area contributed by atoms with Crippen molar-refractivity contribution in [3.05, 3.63) is 35.4 Å². The fraction of sp³-hybridized carbons (Fsp3) is 0.500. The molecule has 8 heteroatoms. The Morgan fingerprint density at radius 2 is 1.96 bits per heavy atom. The number of rotatable bonds is 5. The van der Waals surface area contributed by atoms with E-state index in [1.54, 1.807) is 4.90 Å². The average molecular weight is 363 g/mol. The Morgan fingerprint density at radius 1 is 1.33 bits per heavy atom. The predicted molar refractivity (Wildman–Crippen MR) is 87.1 cm³/mol. The van der Waals surface area contributed by atoms with Crippen LogP contribution in [-0.4, -0.2) is 49.4 Å². The van der Waals surface area contributed by atoms with Crippen LogP contribution >= 0.6 is 12.4 Å². The highest BCUT2D eigenvalue weighted by Crippen LogP contribution is 2.24. The molecule has 1 fully saturated rings. The van der Waals surface area contributed by atoms with Gasteiger partial charge in [-0.15, -0.1) is 12.4 Å². The minimum atomic E-state index is -0.729. The van der Waals surface area contributed by atoms with Crippen molar-refractivity contribution in [2.24, 2.45) is 11.7 Å². The van der Waals surface area contributed by atoms with Gasteiger partial charge in [-0.3, -0.25) is 9.59 Å². The van der Waals surface area contributed by atoms with E-state index in [1.165, 1.54) is 7.11 Å². The third-order valence-electron chi connectivity index (χ3n) is 4.03. The average Bonchev–Trinajstić information content (AvgIpc) is 2.56. The number of likely N-dealkylation sites (tertiary alicyclic amines) is 1. The number of ether oxygens (including phenoxy) is 1. The van der Waals surface area contributed by atoms with Crippen molar-refractivity contribution in [3.63, 3.8) is 0 Å². The van der Waals surface area contributed by atoms with E-state index in [4.69, 9.17) is 10.5 Å². The normalized spacial score (nSPS) is 16.4. The lowest BCUT2D eigenvalue weighted by Gasteiger charge is -2.32. The van der Waals surface area contributed by atoms with Crippen molar-refractivity contribution in [1.82, 2.24) is 4.90 Å². The first-order valence-electron chi connectivity index (χ1n) is 7.46. The highest BCUT2D eigenvalue weighted by molar-refractivity contribution is 5.98. The highest BCUT2D eigenvalue weighted by atomic mass is 35.5. The Bertz CT molecular complexity index is 593. The van der Waals surface area contributed by atoms with Gasteiger partial charge >= 0.3 is 0 Å². The van der Waals surface area contributed by atoms with Gasteiger partial charge < -0.3 is 15.4 Å². The van der Waals surface area contributed by atoms with Gasteiger partial charge in [0.1, 0.15) is 17.7 Å². The van der Waals surface area contributed by atoms with Crippen LogP contribution in [0.25, 0.3) is 0 Å². The quantitative estimate of drug-likeness (QED) is 0.810. The van der Waals surface area contributed by atoms with Gasteiger partial charge in [0.15, 0.2) is 5.78 Å². The lowest BCUT2D eigenvalue weighted by molar-refractivity contribution is -0.135. The van der Waals surface area contributed by atoms with Crippen LogP contribution in [0.1, 0.15) is 23.2 Å². The molecule has 24 heavy (non-hydrogen) atoms. The molecule has 0 bridgehead atoms. The first-order valence-corrected chi connectivity index (χ1v) is 7.46. The third kappa shape index (κ3) is 4.72. The number of nitrogens with zero attached hydrogens (tertiary/aromatic N) is 1. The van der Waals surface area contributed by atoms with Crippen LogP contribution in [0.4, 0.5) is 8.78 Å². The van der Waals surface area contributed by atoms with Crippen molar-refractivity contribution >= 4 is 24.1 Å². The summed E-state index contributed by atoms with van der Waals surface area (Å²) in [5, 5.41) is 0. The van der Waals surface area contributed by atoms with Gasteiger partial charge in [0, 0.05) is 26.1 Å². The molecule has 1 amide bonds. The lowest BCUT2D eigenvalue weighted by Crippen LogP contribution is -2.49. The number of Topliss-reactive ketones (excluding diaryl/α,β-unsaturated/α-hetero) is 1. The second kappa shape index (κ2) is 9.05. The first-order chi connectivity index (χ1) is 10.9. The number of benzene rings is 1. The molecule has 0 saturated carbocycles. The summed E-state index contributed by atoms with van der Waals surface area (Å²) in [5.74, 6) is -2.44. The molecule has 5 nitrogen and oxygen atoms in total. The smallest absolute Gasteiger partial charge is 0.241 e. The van der Waals surface area contributed by atoms with Crippen LogP contribution in [0.3, 0.4) is 0 Å². The zero-order chi connectivity index (χ0) is 17.0. The number of hydrogen-bond acceptors (Lipinski definition) is 4. The van der Waals surface area contributed by atoms with Gasteiger partial charge in [0.25, 0.3) is 0 Å². The zero-order valence-electron chi connectivity index (χ0n) is 13.3. The molecule has 1 aromatic carbocycles. The van der Waals surface area contributed by atoms with E-state index in [-0.39, 0.29) is 30.5 Å². The Morgan fingerprint density at radius 3 is 2.54 bits per heavy atom. The SMILES string of the molecule is COCC(N)C(=O)N1CCC(C(=O)c2cc(F)ccc2F)CC1.Cl. The highest BCUT2D eigenvalue weighted by Gasteiger charge is 2.31. The van der Waals surface area contributed by atoms with Gasteiger partial charge in [0.05, 0.1) is 12.2 Å². The number of amides is 1. The largest absolute Gasteiger partial charge is 0.383 e. The Hall–Kier alpha value is -1.57. The molecule has 1 atom stereocenters. The Labute approximate surface area is 145 Å². The summed E-state index contributed by atoms with van der Waals surface area (Å²) in [6.45, 7) is 0.860. The zero-order valence-corrected chi connectivity index (χ0v) is 14.2. The fourth-order valence-corrected chi connectivity index (χ4v) is 2.75. The fourth-order valence-electron chi connectivity index (χ4n) is 2.75. The second-order valence-electron chi connectivity index (χ2n) is 5.65. The maximum atomic E-state index is 13.7. The number of nitrogens with two attached hydrogens (primary N) is 1. The van der Waals surface area contributed by atoms with Crippen molar-refractivity contribution in [3.8, 4) is 0 Å². The molecule has 1 unspecified atom stereocenters. The number of ketones is 1. The number of halogens is 3. The van der Waals surface area contributed by atoms with E-state index in [0.29, 0.717) is 25.9 Å². The molecule has 1 heterocycles. The van der Waals surface area contributed by atoms with E-state index in [0.717, 1.165) is 18.2 Å². The maximum absolute atomic E-state index is 13.7. The van der Waals surface area contributed by atoms with E-state index in [9.17, 15) is 18.4 Å². The van der Waals surface area contributed by atoms with Crippen molar-refractivity contribution in [2.45, 2.75) is 18.9 Å². The molecule has 2 N–H and O–H groups in total. The maximum Gasteiger partial charge on any atom is 0.241 e. The molecule has 2 rings (SSSR count). The number of piperidine rings is 1. The number of carbonyl (C=O) groups is 2. The lowest BCUT2D eigenvalue weighted by atomic mass is 9.88. The molecular weight excluding hydrogens is 342 g/mol. The number of methoxy groups -OCH3 is 1. The van der Waals surface area contributed by atoms with Gasteiger partial charge in [-0.1, -0.05) is 0 Å². The molecule has 0 spiro atoms. The van der Waals surface area contributed by atoms with Crippen LogP contribution in [0.5, 0.6) is 0 Å². The minimum Gasteiger partial charge on any atom is -0.383 e. The van der Waals surface area contributed by atoms with Gasteiger partial charge in [0.2, 0.25) is 5.91 Å². The van der Waals surface area contributed by atoms with E-state index in [2.05, 4.69) is 0 Å². The number of carbonyl (C=O) groups excluding carboxylic acids is 2. The standard InChI is InChI=1S/C16H20F2N2O3.ClH/c1-23-9-14(19)16(22)20-6-4-10(5-7-20)15(21)12-8-11(17)2-3-13(12)18;/h2-3,8,10,14H,4-7,9,19H2,1H3;1H. The first kappa shape index (κ1) is 20.5. The van der Waals surface area contributed by atoms with Crippen LogP contribution in [0, 0.1) is 17.6 Å². The van der Waals surface area contributed by atoms with E-state index >= 15 is 0 Å². The summed E-state index contributed by atoms with van der Waals surface area (Å²) < 4.78 is 31.7. The molecule has 1 saturated heterocycles. The van der Waals surface area contributed by atoms with Gasteiger partial charge in [-0.05, 0) is 31.0 Å². The van der Waals surface area contributed by atoms with Crippen molar-refractivity contribution in [2.75, 3.05) is 26.8 Å². The van der Waals surface area contributed by atoms with Crippen LogP contribution in [0.15, 0.2) is 18.2 Å². The van der Waals surface area contributed by atoms with Crippen molar-refractivity contribution < 1.29 is 23.1 Å². The summed E-state index contributed by atoms with van der Waals surface area (Å²) in [6, 6.07) is 2.12. The van der Waals surface area contributed by atoms with Gasteiger partial charge in [-0.2, -0.15) is 0 Å². The Kier molecular flexibility index (Phi) is 7.72. The monoisotopic (exact) mass is 362 g/mol. The molecular formula is C16H21ClF2N2O3. The topological polar surface area (TPSA) is 72.6 Å². The van der Waals surface area contributed by atoms with E-state index < -0.39 is 29.4 Å². The van der Waals surface area contributed by atoms with Gasteiger partial charge in [-0.25, -0.2) is 8.78 Å². The molecule has 0 aliphatic carbocycles. The summed E-state index contributed by atoms with van der Waals surface area (Å²) in [6.07, 6.45) is 0.806. The summed E-state index contributed by atoms with van der Waals surface area (Å²) in [4.78, 5) is 26.0. The summed E-state index contributed by atoms with van der Waals surface area (Å²) in [7, 11) is 1.46. The summed E-state index contributed by atoms with van der Waals surface area (Å²) in [5.41, 5.74) is 5.48. The molecule has 0 radical (unpaired) electrons. The minimum absolute atomic E-state index is 0. The Balaban J connectivity index is 0.00000288. The van der Waals surface area contributed by atoms with Crippen molar-refractivity contribution in [1.29, 1.82) is 0 Å². The molecule has 1 aromatic rings. The predicted octanol–water partition coefficient (Wildman–Crippen LogP) is 1.78. The molecule has 0 aromatic heterocycles. The van der Waals surface area contributed by atoms with Crippen LogP contribution in [0.2, 0.25) is 0 Å². The van der Waals surface area contributed by atoms with Crippen LogP contribution in [-0.2, 0) is 9.53 Å². The second-order valence-corrected chi connectivity index (χ2v) is 5.65. The summed E-state index contributed by atoms with van der Waals surface area (Å²) >= 11 is 0. The van der Waals surface area contributed by atoms with Crippen LogP contribution < -0.4 is 5.73 Å².